The van der Waals surface area contributed by atoms with E-state index in [1.807, 2.05) is 13.0 Å². The number of hydrogen-bond donors (Lipinski definition) is 6. The second-order valence-electron chi connectivity index (χ2n) is 22.0. The van der Waals surface area contributed by atoms with Crippen molar-refractivity contribution in [2.24, 2.45) is 5.92 Å². The summed E-state index contributed by atoms with van der Waals surface area (Å²) in [4.78, 5) is 126. The molecule has 0 aliphatic carbocycles. The number of fused-ring (bicyclic) bond motifs is 4. The number of alkyl carbamates (subject to hydrolysis) is 1. The van der Waals surface area contributed by atoms with Crippen molar-refractivity contribution in [1.82, 2.24) is 25.4 Å². The van der Waals surface area contributed by atoms with Crippen LogP contribution in [-0.2, 0) is 63.7 Å². The van der Waals surface area contributed by atoms with Gasteiger partial charge >= 0.3 is 12.1 Å². The van der Waals surface area contributed by atoms with Crippen LogP contribution >= 0.6 is 23.4 Å². The van der Waals surface area contributed by atoms with Crippen LogP contribution in [0.5, 0.6) is 5.75 Å². The number of anilines is 3. The Morgan fingerprint density at radius 3 is 2.23 bits per heavy atom. The molecule has 1 aromatic carbocycles. The van der Waals surface area contributed by atoms with Crippen LogP contribution in [-0.4, -0.2) is 192 Å². The van der Waals surface area contributed by atoms with Crippen LogP contribution in [0.1, 0.15) is 89.6 Å². The van der Waals surface area contributed by atoms with Gasteiger partial charge in [0.05, 0.1) is 63.0 Å². The van der Waals surface area contributed by atoms with Gasteiger partial charge < -0.3 is 64.4 Å². The molecule has 25 nitrogen and oxygen atoms in total. The number of benzene rings is 1. The van der Waals surface area contributed by atoms with Crippen molar-refractivity contribution in [2.75, 3.05) is 83.4 Å². The number of amides is 8. The molecule has 0 radical (unpaired) electrons. The minimum Gasteiger partial charge on any atom is -0.495 e. The quantitative estimate of drug-likeness (QED) is 0.0382. The van der Waals surface area contributed by atoms with Crippen molar-refractivity contribution in [1.29, 1.82) is 0 Å². The smallest absolute Gasteiger partial charge is 0.409 e. The van der Waals surface area contributed by atoms with Crippen molar-refractivity contribution in [3.05, 3.63) is 89.5 Å². The molecule has 86 heavy (non-hydrogen) atoms. The third-order valence-electron chi connectivity index (χ3n) is 14.6. The SMILES string of the molecule is C=CC(=O)Nc1cc(C(=O)NCCOCCOCCN2C(=O)CC(SC(C)(C)CC(=O)N(C)[C@@H](C)C(=O)O[C@H]3CC(=O)N(C)c4cc(cc(OC)c4Cl)C/C(C)=C/C=C/[C@@H](OC)[C@@]4(O)C[C@H](OC(=O)N4)[C@@H](C)C[C@@]3(C)O)C2=O)cc(NC(=O)C=C)n1. The van der Waals surface area contributed by atoms with E-state index in [9.17, 15) is 53.4 Å². The van der Waals surface area contributed by atoms with E-state index in [0.29, 0.717) is 6.42 Å². The van der Waals surface area contributed by atoms with Crippen molar-refractivity contribution < 1.29 is 81.8 Å². The van der Waals surface area contributed by atoms with Gasteiger partial charge in [-0.05, 0) is 81.5 Å². The lowest BCUT2D eigenvalue weighted by Crippen LogP contribution is -2.63. The topological polar surface area (TPSA) is 320 Å². The minimum absolute atomic E-state index is 0.000416. The maximum atomic E-state index is 14.4. The first-order valence-electron chi connectivity index (χ1n) is 27.7. The van der Waals surface area contributed by atoms with Gasteiger partial charge in [-0.2, -0.15) is 0 Å². The number of aromatic nitrogens is 1. The summed E-state index contributed by atoms with van der Waals surface area (Å²) in [7, 11) is 5.69. The molecule has 27 heteroatoms. The summed E-state index contributed by atoms with van der Waals surface area (Å²) in [5, 5.41) is 33.5. The number of aliphatic hydroxyl groups is 2. The zero-order valence-electron chi connectivity index (χ0n) is 50.2. The van der Waals surface area contributed by atoms with Gasteiger partial charge in [-0.15, -0.1) is 11.8 Å². The fourth-order valence-electron chi connectivity index (χ4n) is 9.72. The number of imide groups is 1. The van der Waals surface area contributed by atoms with Crippen molar-refractivity contribution in [3.8, 4) is 5.75 Å². The molecule has 8 atom stereocenters. The highest BCUT2D eigenvalue weighted by atomic mass is 35.5. The van der Waals surface area contributed by atoms with E-state index in [1.165, 1.54) is 59.2 Å². The van der Waals surface area contributed by atoms with E-state index in [4.69, 9.17) is 40.0 Å². The molecule has 2 saturated heterocycles. The molecule has 0 saturated carbocycles. The fraction of sp³-hybridized carbons (Fsp3) is 0.525. The Bertz CT molecular complexity index is 2920. The molecule has 2 fully saturated rings. The van der Waals surface area contributed by atoms with Crippen LogP contribution in [0, 0.1) is 5.92 Å². The molecule has 5 rings (SSSR count). The van der Waals surface area contributed by atoms with E-state index < -0.39 is 111 Å². The molecule has 4 bridgehead atoms. The predicted octanol–water partition coefficient (Wildman–Crippen LogP) is 4.63. The number of carbonyl (C=O) groups is 9. The van der Waals surface area contributed by atoms with Gasteiger partial charge in [0.1, 0.15) is 46.8 Å². The first-order chi connectivity index (χ1) is 40.4. The Balaban J connectivity index is 1.17. The number of esters is 1. The maximum Gasteiger partial charge on any atom is 0.409 e. The van der Waals surface area contributed by atoms with E-state index in [-0.39, 0.29) is 98.9 Å². The van der Waals surface area contributed by atoms with E-state index in [2.05, 4.69) is 39.4 Å². The third kappa shape index (κ3) is 19.1. The summed E-state index contributed by atoms with van der Waals surface area (Å²) in [6.07, 6.45) is 1.68. The van der Waals surface area contributed by atoms with Gasteiger partial charge in [-0.25, -0.2) is 14.6 Å². The molecule has 6 N–H and O–H groups in total. The van der Waals surface area contributed by atoms with Gasteiger partial charge in [-0.1, -0.05) is 69.3 Å². The average Bonchev–Trinajstić information content (AvgIpc) is 2.79. The highest BCUT2D eigenvalue weighted by molar-refractivity contribution is 8.02. The first-order valence-corrected chi connectivity index (χ1v) is 28.9. The number of carbonyl (C=O) groups excluding carboxylic acids is 9. The summed E-state index contributed by atoms with van der Waals surface area (Å²) in [5.74, 6) is -5.10. The number of rotatable bonds is 23. The summed E-state index contributed by atoms with van der Waals surface area (Å²) >= 11 is 7.95. The number of allylic oxidation sites excluding steroid dienone is 3. The number of pyridine rings is 1. The summed E-state index contributed by atoms with van der Waals surface area (Å²) in [5.41, 5.74) is -2.02. The first kappa shape index (κ1) is 69.6. The van der Waals surface area contributed by atoms with Crippen LogP contribution in [0.2, 0.25) is 5.02 Å². The van der Waals surface area contributed by atoms with Crippen molar-refractivity contribution in [2.45, 2.75) is 126 Å². The van der Waals surface area contributed by atoms with Gasteiger partial charge in [0.15, 0.2) is 5.72 Å². The molecule has 8 amide bonds. The number of hydrogen-bond acceptors (Lipinski definition) is 19. The lowest BCUT2D eigenvalue weighted by Gasteiger charge is -2.43. The number of nitrogens with zero attached hydrogens (tertiary/aromatic N) is 4. The molecule has 0 spiro atoms. The molecule has 3 aliphatic heterocycles. The zero-order valence-corrected chi connectivity index (χ0v) is 51.7. The number of likely N-dealkylation sites (N-methyl/N-ethyl adjacent to an activating group) is 1. The molecule has 2 aromatic rings. The molecule has 470 valence electrons. The lowest BCUT2D eigenvalue weighted by molar-refractivity contribution is -0.176. The fourth-order valence-corrected chi connectivity index (χ4v) is 11.5. The van der Waals surface area contributed by atoms with Crippen molar-refractivity contribution >= 4 is 94.1 Å². The highest BCUT2D eigenvalue weighted by Gasteiger charge is 2.49. The van der Waals surface area contributed by atoms with Gasteiger partial charge in [0, 0.05) is 57.3 Å². The second-order valence-corrected chi connectivity index (χ2v) is 24.3. The number of halogens is 1. The van der Waals surface area contributed by atoms with E-state index >= 15 is 0 Å². The Labute approximate surface area is 509 Å². The van der Waals surface area contributed by atoms with E-state index in [1.54, 1.807) is 45.1 Å². The highest BCUT2D eigenvalue weighted by Crippen LogP contribution is 2.40. The maximum absolute atomic E-state index is 14.4. The third-order valence-corrected chi connectivity index (χ3v) is 16.4. The number of ether oxygens (including phenoxy) is 6. The Morgan fingerprint density at radius 2 is 1.62 bits per heavy atom. The number of likely N-dealkylation sites (tertiary alicyclic amines) is 1. The van der Waals surface area contributed by atoms with Gasteiger partial charge in [0.2, 0.25) is 35.4 Å². The number of methoxy groups -OCH3 is 2. The Morgan fingerprint density at radius 1 is 0.977 bits per heavy atom. The van der Waals surface area contributed by atoms with Crippen LogP contribution in [0.25, 0.3) is 0 Å². The zero-order chi connectivity index (χ0) is 63.8. The van der Waals surface area contributed by atoms with Crippen molar-refractivity contribution in [3.63, 3.8) is 0 Å². The van der Waals surface area contributed by atoms with Crippen LogP contribution in [0.3, 0.4) is 0 Å². The van der Waals surface area contributed by atoms with Crippen LogP contribution in [0.4, 0.5) is 22.1 Å². The molecule has 4 heterocycles. The Hall–Kier alpha value is -7.20. The Kier molecular flexibility index (Phi) is 25.0. The van der Waals surface area contributed by atoms with Crippen LogP contribution in [0.15, 0.2) is 73.4 Å². The van der Waals surface area contributed by atoms with Gasteiger partial charge in [0.25, 0.3) is 5.91 Å². The molecule has 1 unspecified atom stereocenters. The molecular formula is C59H79ClN8O17S. The molecule has 3 aliphatic rings. The second kappa shape index (κ2) is 30.9. The summed E-state index contributed by atoms with van der Waals surface area (Å²) < 4.78 is 33.1. The predicted molar refractivity (Wildman–Crippen MR) is 320 cm³/mol. The number of nitrogens with one attached hydrogen (secondary N) is 4. The molecule has 1 aromatic heterocycles. The minimum atomic E-state index is -2.01. The monoisotopic (exact) mass is 1240 g/mol. The normalized spacial score (nSPS) is 24.2. The van der Waals surface area contributed by atoms with Crippen LogP contribution < -0.4 is 30.9 Å². The van der Waals surface area contributed by atoms with E-state index in [0.717, 1.165) is 44.9 Å². The van der Waals surface area contributed by atoms with Gasteiger partial charge in [-0.3, -0.25) is 43.8 Å². The summed E-state index contributed by atoms with van der Waals surface area (Å²) in [6.45, 7) is 16.9. The molecular weight excluding hydrogens is 1160 g/mol. The lowest BCUT2D eigenvalue weighted by atomic mass is 9.81. The average molecular weight is 1240 g/mol. The summed E-state index contributed by atoms with van der Waals surface area (Å²) in [6, 6.07) is 4.81. The number of thioether (sulfide) groups is 1. The standard InChI is InChI=1S/C59H79ClN8O17S/c1-13-47(69)63-45-27-38(28-46(62-45)64-48(70)14-2)53(74)61-18-20-82-22-23-83-21-19-68-50(72)29-42(54(68)75)86-57(6,7)33-51(73)66(9)36(5)55(76)85-44-30-49(71)67(10)39-25-37(26-40(80-11)52(39)60)24-34(3)16-15-17-43(81-12)59(79)32-41(84-56(77)65-59)35(4)31-58(44,8)78/h13-17,25-28,35-36,41-44,78-79H,1-2,18-24,29-33H2,3-12H3,(H,61,74)(H,65,77)(H2,62,63,64,69,70)/b17-15+,34-16+/t35-,36-,41-,42?,43+,44-,58+,59-/m0/s1. The largest absolute Gasteiger partial charge is 0.495 e.